The number of nitrogens with one attached hydrogen (secondary N) is 1. The molecule has 20 heavy (non-hydrogen) atoms. The molecule has 106 valence electrons. The first-order valence-corrected chi connectivity index (χ1v) is 6.75. The van der Waals surface area contributed by atoms with Crippen LogP contribution in [0.1, 0.15) is 12.1 Å². The molecule has 0 unspecified atom stereocenters. The maximum Gasteiger partial charge on any atom is 0.307 e. The van der Waals surface area contributed by atoms with Crippen LogP contribution >= 0.6 is 11.3 Å². The summed E-state index contributed by atoms with van der Waals surface area (Å²) in [6.07, 6.45) is 0.0360. The quantitative estimate of drug-likeness (QED) is 0.943. The Morgan fingerprint density at radius 2 is 2.15 bits per heavy atom. The highest BCUT2D eigenvalue weighted by atomic mass is 32.1. The minimum Gasteiger partial charge on any atom is -0.324 e. The molecule has 0 bridgehead atoms. The summed E-state index contributed by atoms with van der Waals surface area (Å²) >= 11 is 1.06. The fourth-order valence-electron chi connectivity index (χ4n) is 1.69. The number of thiazole rings is 1. The van der Waals surface area contributed by atoms with E-state index in [1.807, 2.05) is 0 Å². The third kappa shape index (κ3) is 3.30. The van der Waals surface area contributed by atoms with Crippen LogP contribution in [0.15, 0.2) is 28.4 Å². The molecule has 0 aliphatic rings. The minimum atomic E-state index is -0.831. The molecule has 2 aromatic rings. The second-order valence-corrected chi connectivity index (χ2v) is 5.04. The Morgan fingerprint density at radius 3 is 2.75 bits per heavy atom. The Balaban J connectivity index is 1.98. The number of aryl methyl sites for hydroxylation is 1. The van der Waals surface area contributed by atoms with E-state index in [2.05, 4.69) is 5.32 Å². The van der Waals surface area contributed by atoms with Crippen LogP contribution in [0.25, 0.3) is 0 Å². The summed E-state index contributed by atoms with van der Waals surface area (Å²) in [5.74, 6) is -1.98. The highest BCUT2D eigenvalue weighted by molar-refractivity contribution is 7.07. The molecule has 0 aliphatic heterocycles. The number of halogens is 2. The van der Waals surface area contributed by atoms with Crippen molar-refractivity contribution >= 4 is 22.9 Å². The number of carbonyl (C=O) groups is 1. The zero-order valence-corrected chi connectivity index (χ0v) is 11.5. The molecule has 4 nitrogen and oxygen atoms in total. The van der Waals surface area contributed by atoms with Crippen molar-refractivity contribution in [3.05, 3.63) is 50.6 Å². The zero-order valence-electron chi connectivity index (χ0n) is 10.7. The molecule has 0 aliphatic carbocycles. The molecular weight excluding hydrogens is 286 g/mol. The first kappa shape index (κ1) is 14.4. The van der Waals surface area contributed by atoms with Crippen LogP contribution < -0.4 is 10.2 Å². The van der Waals surface area contributed by atoms with Crippen molar-refractivity contribution in [1.29, 1.82) is 0 Å². The Morgan fingerprint density at radius 1 is 1.40 bits per heavy atom. The molecule has 1 heterocycles. The van der Waals surface area contributed by atoms with Gasteiger partial charge >= 0.3 is 4.87 Å². The van der Waals surface area contributed by atoms with Gasteiger partial charge in [0.25, 0.3) is 0 Å². The van der Waals surface area contributed by atoms with Gasteiger partial charge in [0.1, 0.15) is 11.6 Å². The van der Waals surface area contributed by atoms with Crippen LogP contribution in [0.4, 0.5) is 14.5 Å². The highest BCUT2D eigenvalue weighted by Crippen LogP contribution is 2.15. The van der Waals surface area contributed by atoms with Gasteiger partial charge < -0.3 is 9.88 Å². The number of anilines is 1. The molecule has 1 amide bonds. The van der Waals surface area contributed by atoms with Gasteiger partial charge in [-0.2, -0.15) is 0 Å². The predicted octanol–water partition coefficient (Wildman–Crippen LogP) is 2.53. The van der Waals surface area contributed by atoms with Gasteiger partial charge in [-0.1, -0.05) is 11.3 Å². The van der Waals surface area contributed by atoms with Crippen molar-refractivity contribution in [1.82, 2.24) is 4.57 Å². The fourth-order valence-corrected chi connectivity index (χ4v) is 2.45. The lowest BCUT2D eigenvalue weighted by molar-refractivity contribution is -0.116. The summed E-state index contributed by atoms with van der Waals surface area (Å²) in [7, 11) is 0. The van der Waals surface area contributed by atoms with E-state index < -0.39 is 17.5 Å². The molecule has 2 rings (SSSR count). The molecular formula is C13H12F2N2O2S. The highest BCUT2D eigenvalue weighted by Gasteiger charge is 2.09. The van der Waals surface area contributed by atoms with E-state index in [4.69, 9.17) is 0 Å². The van der Waals surface area contributed by atoms with E-state index in [1.165, 1.54) is 4.57 Å². The van der Waals surface area contributed by atoms with Crippen LogP contribution in [0.3, 0.4) is 0 Å². The summed E-state index contributed by atoms with van der Waals surface area (Å²) in [5, 5.41) is 4.05. The largest absolute Gasteiger partial charge is 0.324 e. The standard InChI is InChI=1S/C13H12F2N2O2S/c1-8-7-20-13(19)17(8)5-4-12(18)16-11-3-2-9(14)6-10(11)15/h2-3,6-7H,4-5H2,1H3,(H,16,18). The Hall–Kier alpha value is -2.02. The molecule has 0 fully saturated rings. The number of amides is 1. The van der Waals surface area contributed by atoms with Gasteiger partial charge in [-0.3, -0.25) is 9.59 Å². The lowest BCUT2D eigenvalue weighted by Crippen LogP contribution is -2.20. The Kier molecular flexibility index (Phi) is 4.29. The van der Waals surface area contributed by atoms with Crippen LogP contribution in [0.2, 0.25) is 0 Å². The van der Waals surface area contributed by atoms with Gasteiger partial charge in [0, 0.05) is 30.1 Å². The van der Waals surface area contributed by atoms with Gasteiger partial charge in [0.15, 0.2) is 0 Å². The first-order chi connectivity index (χ1) is 9.47. The molecule has 0 atom stereocenters. The molecule has 0 radical (unpaired) electrons. The van der Waals surface area contributed by atoms with E-state index >= 15 is 0 Å². The summed E-state index contributed by atoms with van der Waals surface area (Å²) < 4.78 is 27.5. The van der Waals surface area contributed by atoms with Crippen molar-refractivity contribution in [2.24, 2.45) is 0 Å². The fraction of sp³-hybridized carbons (Fsp3) is 0.231. The number of hydrogen-bond acceptors (Lipinski definition) is 3. The zero-order chi connectivity index (χ0) is 14.7. The smallest absolute Gasteiger partial charge is 0.307 e. The van der Waals surface area contributed by atoms with Gasteiger partial charge in [-0.05, 0) is 19.1 Å². The lowest BCUT2D eigenvalue weighted by atomic mass is 10.3. The minimum absolute atomic E-state index is 0.0360. The van der Waals surface area contributed by atoms with Crippen LogP contribution in [0, 0.1) is 18.6 Å². The van der Waals surface area contributed by atoms with Crippen LogP contribution in [-0.2, 0) is 11.3 Å². The van der Waals surface area contributed by atoms with E-state index in [0.717, 1.165) is 29.2 Å². The molecule has 1 aromatic heterocycles. The van der Waals surface area contributed by atoms with Gasteiger partial charge in [-0.25, -0.2) is 8.78 Å². The molecule has 0 saturated heterocycles. The van der Waals surface area contributed by atoms with E-state index in [0.29, 0.717) is 6.07 Å². The number of benzene rings is 1. The maximum atomic E-state index is 13.3. The topological polar surface area (TPSA) is 51.1 Å². The van der Waals surface area contributed by atoms with Gasteiger partial charge in [-0.15, -0.1) is 0 Å². The number of rotatable bonds is 4. The van der Waals surface area contributed by atoms with Crippen LogP contribution in [0.5, 0.6) is 0 Å². The van der Waals surface area contributed by atoms with Crippen LogP contribution in [-0.4, -0.2) is 10.5 Å². The third-order valence-corrected chi connectivity index (χ3v) is 3.63. The molecule has 0 spiro atoms. The monoisotopic (exact) mass is 298 g/mol. The van der Waals surface area contributed by atoms with E-state index in [9.17, 15) is 18.4 Å². The number of hydrogen-bond donors (Lipinski definition) is 1. The van der Waals surface area contributed by atoms with Crippen molar-refractivity contribution in [2.45, 2.75) is 19.9 Å². The van der Waals surface area contributed by atoms with E-state index in [-0.39, 0.29) is 23.5 Å². The number of carbonyl (C=O) groups excluding carboxylic acids is 1. The SMILES string of the molecule is Cc1csc(=O)n1CCC(=O)Nc1ccc(F)cc1F. The lowest BCUT2D eigenvalue weighted by Gasteiger charge is -2.07. The Bertz CT molecular complexity index is 694. The summed E-state index contributed by atoms with van der Waals surface area (Å²) in [6, 6.07) is 2.92. The van der Waals surface area contributed by atoms with Crippen molar-refractivity contribution in [2.75, 3.05) is 5.32 Å². The summed E-state index contributed by atoms with van der Waals surface area (Å²) in [4.78, 5) is 23.0. The molecule has 1 aromatic carbocycles. The predicted molar refractivity (Wildman–Crippen MR) is 72.9 cm³/mol. The molecule has 7 heteroatoms. The van der Waals surface area contributed by atoms with Gasteiger partial charge in [0.2, 0.25) is 5.91 Å². The van der Waals surface area contributed by atoms with Crippen molar-refractivity contribution < 1.29 is 13.6 Å². The second kappa shape index (κ2) is 5.96. The summed E-state index contributed by atoms with van der Waals surface area (Å²) in [6.45, 7) is 2.00. The normalized spacial score (nSPS) is 10.6. The average Bonchev–Trinajstić information content (AvgIpc) is 2.70. The van der Waals surface area contributed by atoms with Crippen molar-refractivity contribution in [3.63, 3.8) is 0 Å². The Labute approximate surface area is 117 Å². The number of nitrogens with zero attached hydrogens (tertiary/aromatic N) is 1. The second-order valence-electron chi connectivity index (χ2n) is 4.22. The van der Waals surface area contributed by atoms with Gasteiger partial charge in [0.05, 0.1) is 5.69 Å². The molecule has 0 saturated carbocycles. The van der Waals surface area contributed by atoms with E-state index in [1.54, 1.807) is 12.3 Å². The average molecular weight is 298 g/mol. The number of aromatic nitrogens is 1. The summed E-state index contributed by atoms with van der Waals surface area (Å²) in [5.41, 5.74) is 0.701. The third-order valence-electron chi connectivity index (χ3n) is 2.74. The van der Waals surface area contributed by atoms with Crippen molar-refractivity contribution in [3.8, 4) is 0 Å². The first-order valence-electron chi connectivity index (χ1n) is 5.87. The molecule has 1 N–H and O–H groups in total. The maximum absolute atomic E-state index is 13.3.